The zero-order valence-electron chi connectivity index (χ0n) is 18.7. The minimum Gasteiger partial charge on any atom is -0.332 e. The molecule has 1 aliphatic heterocycles. The van der Waals surface area contributed by atoms with Crippen molar-refractivity contribution >= 4 is 18.1 Å². The Balaban J connectivity index is 1.72. The molecule has 0 aliphatic carbocycles. The Morgan fingerprint density at radius 3 is 2.35 bits per heavy atom. The van der Waals surface area contributed by atoms with E-state index in [0.717, 1.165) is 48.7 Å². The number of aldehydes is 1. The minimum atomic E-state index is -0.473. The molecule has 0 saturated carbocycles. The molecular formula is C26H32N2O3. The number of carbonyl (C=O) groups excluding carboxylic acids is 3. The topological polar surface area (TPSA) is 57.7 Å². The van der Waals surface area contributed by atoms with Crippen LogP contribution in [0.4, 0.5) is 0 Å². The molecule has 2 aromatic carbocycles. The number of hydrogen-bond donors (Lipinski definition) is 0. The second-order valence-electron chi connectivity index (χ2n) is 8.38. The Kier molecular flexibility index (Phi) is 7.61. The molecule has 0 bridgehead atoms. The summed E-state index contributed by atoms with van der Waals surface area (Å²) in [5, 5.41) is 0. The zero-order valence-corrected chi connectivity index (χ0v) is 18.7. The Morgan fingerprint density at radius 2 is 1.68 bits per heavy atom. The van der Waals surface area contributed by atoms with Gasteiger partial charge >= 0.3 is 0 Å². The summed E-state index contributed by atoms with van der Waals surface area (Å²) in [5.41, 5.74) is 3.64. The van der Waals surface area contributed by atoms with Crippen LogP contribution in [0.25, 0.3) is 11.1 Å². The summed E-state index contributed by atoms with van der Waals surface area (Å²) in [4.78, 5) is 40.4. The molecule has 1 aliphatic rings. The van der Waals surface area contributed by atoms with E-state index in [2.05, 4.69) is 6.92 Å². The van der Waals surface area contributed by atoms with Crippen LogP contribution in [-0.4, -0.2) is 53.6 Å². The van der Waals surface area contributed by atoms with Crippen LogP contribution in [0.3, 0.4) is 0 Å². The highest BCUT2D eigenvalue weighted by atomic mass is 16.2. The second-order valence-corrected chi connectivity index (χ2v) is 8.38. The van der Waals surface area contributed by atoms with E-state index in [9.17, 15) is 14.4 Å². The Labute approximate surface area is 185 Å². The van der Waals surface area contributed by atoms with E-state index in [1.54, 1.807) is 22.9 Å². The number of unbranched alkanes of at least 4 members (excludes halogenated alkanes) is 3. The van der Waals surface area contributed by atoms with Gasteiger partial charge in [-0.2, -0.15) is 0 Å². The maximum Gasteiger partial charge on any atom is 0.246 e. The summed E-state index contributed by atoms with van der Waals surface area (Å²) < 4.78 is 0. The van der Waals surface area contributed by atoms with Gasteiger partial charge in [0.2, 0.25) is 11.8 Å². The van der Waals surface area contributed by atoms with E-state index in [-0.39, 0.29) is 11.8 Å². The largest absolute Gasteiger partial charge is 0.332 e. The van der Waals surface area contributed by atoms with Crippen LogP contribution in [0.5, 0.6) is 0 Å². The van der Waals surface area contributed by atoms with Gasteiger partial charge in [-0.15, -0.1) is 0 Å². The predicted octanol–water partition coefficient (Wildman–Crippen LogP) is 4.35. The lowest BCUT2D eigenvalue weighted by molar-refractivity contribution is -0.159. The van der Waals surface area contributed by atoms with Gasteiger partial charge in [-0.05, 0) is 36.1 Å². The summed E-state index contributed by atoms with van der Waals surface area (Å²) in [5.74, 6) is 0.0382. The average Bonchev–Trinajstić information content (AvgIpc) is 2.80. The van der Waals surface area contributed by atoms with E-state index in [4.69, 9.17) is 0 Å². The summed E-state index contributed by atoms with van der Waals surface area (Å²) in [6.45, 7) is 4.63. The van der Waals surface area contributed by atoms with Crippen molar-refractivity contribution in [3.05, 3.63) is 59.7 Å². The van der Waals surface area contributed by atoms with Crippen molar-refractivity contribution < 1.29 is 14.4 Å². The van der Waals surface area contributed by atoms with Crippen LogP contribution in [0, 0.1) is 0 Å². The molecule has 0 N–H and O–H groups in total. The fourth-order valence-corrected chi connectivity index (χ4v) is 4.21. The molecular weight excluding hydrogens is 388 g/mol. The van der Waals surface area contributed by atoms with Gasteiger partial charge in [0, 0.05) is 25.6 Å². The molecule has 3 rings (SSSR count). The van der Waals surface area contributed by atoms with Crippen LogP contribution in [0.15, 0.2) is 48.5 Å². The van der Waals surface area contributed by atoms with Crippen LogP contribution in [-0.2, 0) is 16.0 Å². The van der Waals surface area contributed by atoms with Crippen molar-refractivity contribution in [2.24, 2.45) is 0 Å². The lowest BCUT2D eigenvalue weighted by atomic mass is 9.96. The zero-order chi connectivity index (χ0) is 22.4. The Bertz CT molecular complexity index is 923. The smallest absolute Gasteiger partial charge is 0.246 e. The van der Waals surface area contributed by atoms with Crippen molar-refractivity contribution in [2.75, 3.05) is 13.6 Å². The van der Waals surface area contributed by atoms with Gasteiger partial charge in [-0.1, -0.05) is 68.7 Å². The van der Waals surface area contributed by atoms with Crippen molar-refractivity contribution in [2.45, 2.75) is 58.0 Å². The molecule has 0 radical (unpaired) electrons. The minimum absolute atomic E-state index is 0.00221. The Hall–Kier alpha value is -2.95. The highest BCUT2D eigenvalue weighted by molar-refractivity contribution is 5.96. The molecule has 1 fully saturated rings. The summed E-state index contributed by atoms with van der Waals surface area (Å²) >= 11 is 0. The number of piperazine rings is 1. The normalized spacial score (nSPS) is 19.1. The molecule has 0 spiro atoms. The van der Waals surface area contributed by atoms with E-state index < -0.39 is 12.1 Å². The number of amides is 2. The standard InChI is InChI=1S/C26H32N2O3/c1-4-5-6-7-15-28-19(2)25(30)27(3)24(26(28)31)17-20-11-13-22(14-12-20)23-10-8-9-21(16-23)18-29/h8-14,16,18-19,24H,4-7,15,17H2,1-3H3/t19-,24-/m0/s1. The van der Waals surface area contributed by atoms with E-state index >= 15 is 0 Å². The average molecular weight is 421 g/mol. The van der Waals surface area contributed by atoms with Crippen molar-refractivity contribution in [1.82, 2.24) is 9.80 Å². The molecule has 2 aromatic rings. The van der Waals surface area contributed by atoms with Gasteiger partial charge in [0.1, 0.15) is 18.4 Å². The number of benzene rings is 2. The monoisotopic (exact) mass is 420 g/mol. The molecule has 164 valence electrons. The van der Waals surface area contributed by atoms with Gasteiger partial charge in [0.25, 0.3) is 0 Å². The quantitative estimate of drug-likeness (QED) is 0.448. The Morgan fingerprint density at radius 1 is 0.935 bits per heavy atom. The summed E-state index contributed by atoms with van der Waals surface area (Å²) in [7, 11) is 1.73. The predicted molar refractivity (Wildman–Crippen MR) is 123 cm³/mol. The fourth-order valence-electron chi connectivity index (χ4n) is 4.21. The summed E-state index contributed by atoms with van der Waals surface area (Å²) in [6, 6.07) is 14.6. The van der Waals surface area contributed by atoms with E-state index in [1.807, 2.05) is 49.4 Å². The molecule has 1 heterocycles. The third-order valence-corrected chi connectivity index (χ3v) is 6.20. The number of rotatable bonds is 9. The maximum absolute atomic E-state index is 13.2. The third-order valence-electron chi connectivity index (χ3n) is 6.20. The van der Waals surface area contributed by atoms with Crippen molar-refractivity contribution in [3.8, 4) is 11.1 Å². The molecule has 5 nitrogen and oxygen atoms in total. The van der Waals surface area contributed by atoms with Crippen LogP contribution >= 0.6 is 0 Å². The SMILES string of the molecule is CCCCCCN1C(=O)[C@H](Cc2ccc(-c3cccc(C=O)c3)cc2)N(C)C(=O)[C@@H]1C. The van der Waals surface area contributed by atoms with Gasteiger partial charge in [0.15, 0.2) is 0 Å². The first kappa shape index (κ1) is 22.7. The molecule has 2 amide bonds. The summed E-state index contributed by atoms with van der Waals surface area (Å²) in [6.07, 6.45) is 5.64. The first-order valence-electron chi connectivity index (χ1n) is 11.2. The molecule has 5 heteroatoms. The molecule has 1 saturated heterocycles. The van der Waals surface area contributed by atoms with Gasteiger partial charge in [-0.25, -0.2) is 0 Å². The lowest BCUT2D eigenvalue weighted by Crippen LogP contribution is -2.63. The number of carbonyl (C=O) groups is 3. The second kappa shape index (κ2) is 10.4. The van der Waals surface area contributed by atoms with Gasteiger partial charge in [-0.3, -0.25) is 14.4 Å². The fraction of sp³-hybridized carbons (Fsp3) is 0.423. The first-order chi connectivity index (χ1) is 15.0. The lowest BCUT2D eigenvalue weighted by Gasteiger charge is -2.42. The first-order valence-corrected chi connectivity index (χ1v) is 11.2. The maximum atomic E-state index is 13.2. The van der Waals surface area contributed by atoms with Gasteiger partial charge < -0.3 is 9.80 Å². The van der Waals surface area contributed by atoms with Crippen molar-refractivity contribution in [1.29, 1.82) is 0 Å². The van der Waals surface area contributed by atoms with Gasteiger partial charge in [0.05, 0.1) is 0 Å². The van der Waals surface area contributed by atoms with Crippen LogP contribution in [0.2, 0.25) is 0 Å². The molecule has 0 aromatic heterocycles. The molecule has 31 heavy (non-hydrogen) atoms. The molecule has 2 atom stereocenters. The highest BCUT2D eigenvalue weighted by Gasteiger charge is 2.41. The van der Waals surface area contributed by atoms with Crippen LogP contribution in [0.1, 0.15) is 55.5 Å². The third kappa shape index (κ3) is 5.22. The number of hydrogen-bond acceptors (Lipinski definition) is 3. The number of likely N-dealkylation sites (N-methyl/N-ethyl adjacent to an activating group) is 1. The highest BCUT2D eigenvalue weighted by Crippen LogP contribution is 2.24. The van der Waals surface area contributed by atoms with Crippen molar-refractivity contribution in [3.63, 3.8) is 0 Å². The van der Waals surface area contributed by atoms with E-state index in [0.29, 0.717) is 18.5 Å². The molecule has 0 unspecified atom stereocenters. The number of nitrogens with zero attached hydrogens (tertiary/aromatic N) is 2. The van der Waals surface area contributed by atoms with Crippen LogP contribution < -0.4 is 0 Å². The van der Waals surface area contributed by atoms with E-state index in [1.165, 1.54) is 0 Å².